The first-order valence-corrected chi connectivity index (χ1v) is 12.1. The van der Waals surface area contributed by atoms with Gasteiger partial charge in [-0.3, -0.25) is 9.10 Å². The summed E-state index contributed by atoms with van der Waals surface area (Å²) in [6.07, 6.45) is 6.35. The van der Waals surface area contributed by atoms with Gasteiger partial charge in [0.1, 0.15) is 6.10 Å². The van der Waals surface area contributed by atoms with Crippen LogP contribution in [0.3, 0.4) is 0 Å². The summed E-state index contributed by atoms with van der Waals surface area (Å²) in [7, 11) is -1.85. The number of para-hydroxylation sites is 1. The van der Waals surface area contributed by atoms with Crippen molar-refractivity contribution in [2.75, 3.05) is 30.7 Å². The second-order valence-corrected chi connectivity index (χ2v) is 9.83. The van der Waals surface area contributed by atoms with Crippen molar-refractivity contribution in [2.45, 2.75) is 25.4 Å². The van der Waals surface area contributed by atoms with E-state index >= 15 is 0 Å². The van der Waals surface area contributed by atoms with Gasteiger partial charge >= 0.3 is 0 Å². The molecule has 9 heteroatoms. The van der Waals surface area contributed by atoms with Crippen molar-refractivity contribution in [3.63, 3.8) is 0 Å². The van der Waals surface area contributed by atoms with Crippen molar-refractivity contribution in [1.82, 2.24) is 14.9 Å². The molecule has 1 amide bonds. The first-order chi connectivity index (χ1) is 14.8. The quantitative estimate of drug-likeness (QED) is 0.633. The summed E-state index contributed by atoms with van der Waals surface area (Å²) >= 11 is 0. The number of rotatable bonds is 6. The van der Waals surface area contributed by atoms with Gasteiger partial charge in [0.2, 0.25) is 21.8 Å². The molecule has 0 aliphatic carbocycles. The van der Waals surface area contributed by atoms with E-state index in [1.54, 1.807) is 12.1 Å². The number of carbonyl (C=O) groups is 1. The Labute approximate surface area is 181 Å². The normalized spacial score (nSPS) is 15.2. The Kier molecular flexibility index (Phi) is 5.86. The maximum Gasteiger partial charge on any atom is 0.232 e. The lowest BCUT2D eigenvalue weighted by molar-refractivity contribution is -0.132. The third-order valence-electron chi connectivity index (χ3n) is 5.68. The van der Waals surface area contributed by atoms with Crippen LogP contribution in [0.15, 0.2) is 48.8 Å². The van der Waals surface area contributed by atoms with Crippen LogP contribution in [0.4, 0.5) is 5.69 Å². The fourth-order valence-corrected chi connectivity index (χ4v) is 4.26. The van der Waals surface area contributed by atoms with Crippen LogP contribution in [0.25, 0.3) is 10.9 Å². The average Bonchev–Trinajstić information content (AvgIpc) is 3.16. The van der Waals surface area contributed by atoms with Gasteiger partial charge in [0.05, 0.1) is 24.6 Å². The zero-order valence-electron chi connectivity index (χ0n) is 17.6. The molecule has 8 nitrogen and oxygen atoms in total. The highest BCUT2D eigenvalue weighted by atomic mass is 32.2. The first kappa shape index (κ1) is 21.2. The van der Waals surface area contributed by atoms with E-state index in [1.807, 2.05) is 35.4 Å². The molecule has 1 fully saturated rings. The minimum absolute atomic E-state index is 0.0249. The second-order valence-electron chi connectivity index (χ2n) is 7.82. The van der Waals surface area contributed by atoms with E-state index in [9.17, 15) is 13.2 Å². The molecule has 0 unspecified atom stereocenters. The van der Waals surface area contributed by atoms with E-state index in [0.29, 0.717) is 31.1 Å². The Morgan fingerprint density at radius 3 is 2.65 bits per heavy atom. The van der Waals surface area contributed by atoms with Crippen LogP contribution in [-0.4, -0.2) is 61.7 Å². The molecule has 1 saturated heterocycles. The number of benzene rings is 1. The maximum atomic E-state index is 12.8. The smallest absolute Gasteiger partial charge is 0.232 e. The zero-order chi connectivity index (χ0) is 22.0. The van der Waals surface area contributed by atoms with Crippen molar-refractivity contribution in [2.24, 2.45) is 0 Å². The number of carbonyl (C=O) groups excluding carboxylic acids is 1. The van der Waals surface area contributed by atoms with Crippen LogP contribution in [0.2, 0.25) is 0 Å². The Morgan fingerprint density at radius 2 is 1.97 bits per heavy atom. The molecular formula is C22H26N4O4S. The third-order valence-corrected chi connectivity index (χ3v) is 6.89. The van der Waals surface area contributed by atoms with Crippen LogP contribution >= 0.6 is 0 Å². The Bertz CT molecular complexity index is 1170. The summed E-state index contributed by atoms with van der Waals surface area (Å²) in [6, 6.07) is 11.3. The number of H-pyrrole nitrogens is 1. The Balaban J connectivity index is 1.30. The molecule has 0 atom stereocenters. The molecule has 31 heavy (non-hydrogen) atoms. The lowest BCUT2D eigenvalue weighted by Crippen LogP contribution is -2.42. The van der Waals surface area contributed by atoms with Crippen LogP contribution < -0.4 is 9.04 Å². The molecule has 0 spiro atoms. The number of anilines is 1. The molecule has 3 heterocycles. The summed E-state index contributed by atoms with van der Waals surface area (Å²) < 4.78 is 30.3. The molecule has 0 radical (unpaired) electrons. The molecule has 3 aromatic rings. The van der Waals surface area contributed by atoms with Gasteiger partial charge in [-0.15, -0.1) is 0 Å². The fraction of sp³-hybridized carbons (Fsp3) is 0.364. The van der Waals surface area contributed by atoms with Crippen LogP contribution in [-0.2, 0) is 21.2 Å². The second kappa shape index (κ2) is 8.58. The lowest BCUT2D eigenvalue weighted by Gasteiger charge is -2.32. The monoisotopic (exact) mass is 442 g/mol. The number of nitrogens with one attached hydrogen (secondary N) is 1. The van der Waals surface area contributed by atoms with Gasteiger partial charge in [0, 0.05) is 56.1 Å². The van der Waals surface area contributed by atoms with E-state index in [4.69, 9.17) is 4.74 Å². The largest absolute Gasteiger partial charge is 0.474 e. The number of nitrogens with zero attached hydrogens (tertiary/aromatic N) is 3. The Hall–Kier alpha value is -3.07. The van der Waals surface area contributed by atoms with Gasteiger partial charge in [-0.1, -0.05) is 18.2 Å². The molecule has 1 N–H and O–H groups in total. The first-order valence-electron chi connectivity index (χ1n) is 10.2. The number of fused-ring (bicyclic) bond motifs is 1. The van der Waals surface area contributed by atoms with Gasteiger partial charge in [-0.2, -0.15) is 0 Å². The van der Waals surface area contributed by atoms with Crippen molar-refractivity contribution >= 4 is 32.5 Å². The lowest BCUT2D eigenvalue weighted by atomic mass is 10.1. The summed E-state index contributed by atoms with van der Waals surface area (Å²) in [5.41, 5.74) is 2.54. The number of amides is 1. The van der Waals surface area contributed by atoms with Crippen LogP contribution in [0, 0.1) is 0 Å². The number of hydrogen-bond acceptors (Lipinski definition) is 5. The van der Waals surface area contributed by atoms with E-state index in [2.05, 4.69) is 9.97 Å². The molecule has 1 aromatic carbocycles. The average molecular weight is 443 g/mol. The number of aromatic nitrogens is 2. The molecule has 2 aromatic heterocycles. The van der Waals surface area contributed by atoms with Crippen molar-refractivity contribution < 1.29 is 17.9 Å². The number of sulfonamides is 1. The molecule has 0 bridgehead atoms. The summed E-state index contributed by atoms with van der Waals surface area (Å²) in [6.45, 7) is 1.28. The van der Waals surface area contributed by atoms with Gasteiger partial charge in [0.15, 0.2) is 0 Å². The molecule has 1 aliphatic rings. The predicted octanol–water partition coefficient (Wildman–Crippen LogP) is 2.57. The minimum Gasteiger partial charge on any atom is -0.474 e. The number of pyridine rings is 1. The third kappa shape index (κ3) is 4.82. The minimum atomic E-state index is -3.33. The molecule has 0 saturated carbocycles. The SMILES string of the molecule is CN(c1ccc(OC2CCN(C(=O)Cc3c[nH]c4ccccc34)CC2)nc1)S(C)(=O)=O. The Morgan fingerprint density at radius 1 is 1.23 bits per heavy atom. The molecular weight excluding hydrogens is 416 g/mol. The van der Waals surface area contributed by atoms with Crippen LogP contribution in [0.1, 0.15) is 18.4 Å². The number of aromatic amines is 1. The fourth-order valence-electron chi connectivity index (χ4n) is 3.77. The molecule has 1 aliphatic heterocycles. The van der Waals surface area contributed by atoms with E-state index in [1.165, 1.54) is 17.5 Å². The summed E-state index contributed by atoms with van der Waals surface area (Å²) in [5, 5.41) is 1.09. The van der Waals surface area contributed by atoms with E-state index in [0.717, 1.165) is 35.6 Å². The molecule has 164 valence electrons. The van der Waals surface area contributed by atoms with Crippen molar-refractivity contribution in [3.05, 3.63) is 54.4 Å². The standard InChI is InChI=1S/C22H26N4O4S/c1-25(31(2,28)29)17-7-8-21(24-15-17)30-18-9-11-26(12-10-18)22(27)13-16-14-23-20-6-4-3-5-19(16)20/h3-8,14-15,18,23H,9-13H2,1-2H3. The van der Waals surface area contributed by atoms with Crippen LogP contribution in [0.5, 0.6) is 5.88 Å². The predicted molar refractivity (Wildman–Crippen MR) is 120 cm³/mol. The van der Waals surface area contributed by atoms with E-state index in [-0.39, 0.29) is 12.0 Å². The van der Waals surface area contributed by atoms with Gasteiger partial charge < -0.3 is 14.6 Å². The van der Waals surface area contributed by atoms with Crippen molar-refractivity contribution in [1.29, 1.82) is 0 Å². The highest BCUT2D eigenvalue weighted by molar-refractivity contribution is 7.92. The number of hydrogen-bond donors (Lipinski definition) is 1. The number of likely N-dealkylation sites (tertiary alicyclic amines) is 1. The number of ether oxygens (including phenoxy) is 1. The summed E-state index contributed by atoms with van der Waals surface area (Å²) in [4.78, 5) is 22.1. The van der Waals surface area contributed by atoms with Gasteiger partial charge in [-0.05, 0) is 17.7 Å². The highest BCUT2D eigenvalue weighted by Crippen LogP contribution is 2.23. The maximum absolute atomic E-state index is 12.8. The highest BCUT2D eigenvalue weighted by Gasteiger charge is 2.25. The van der Waals surface area contributed by atoms with E-state index < -0.39 is 10.0 Å². The summed E-state index contributed by atoms with van der Waals surface area (Å²) in [5.74, 6) is 0.573. The van der Waals surface area contributed by atoms with Gasteiger partial charge in [0.25, 0.3) is 0 Å². The van der Waals surface area contributed by atoms with Gasteiger partial charge in [-0.25, -0.2) is 13.4 Å². The topological polar surface area (TPSA) is 95.6 Å². The molecule has 4 rings (SSSR count). The number of piperidine rings is 1. The zero-order valence-corrected chi connectivity index (χ0v) is 18.4. The van der Waals surface area contributed by atoms with Crippen molar-refractivity contribution in [3.8, 4) is 5.88 Å².